The second kappa shape index (κ2) is 7.14. The Kier molecular flexibility index (Phi) is 5.83. The monoisotopic (exact) mass is 260 g/mol. The van der Waals surface area contributed by atoms with Crippen LogP contribution in [0.15, 0.2) is 0 Å². The summed E-state index contributed by atoms with van der Waals surface area (Å²) in [5.41, 5.74) is 0. The Morgan fingerprint density at radius 2 is 2.00 bits per heavy atom. The molecular formula is C12H24N2S2. The van der Waals surface area contributed by atoms with Gasteiger partial charge in [-0.3, -0.25) is 0 Å². The number of hydrogen-bond donors (Lipinski definition) is 1. The number of hydrogen-bond acceptors (Lipinski definition) is 4. The van der Waals surface area contributed by atoms with Gasteiger partial charge in [-0.25, -0.2) is 0 Å². The van der Waals surface area contributed by atoms with Gasteiger partial charge in [-0.15, -0.1) is 0 Å². The van der Waals surface area contributed by atoms with Gasteiger partial charge in [-0.1, -0.05) is 0 Å². The van der Waals surface area contributed by atoms with E-state index >= 15 is 0 Å². The minimum absolute atomic E-state index is 0.866. The first-order chi connectivity index (χ1) is 7.84. The van der Waals surface area contributed by atoms with E-state index in [1.54, 1.807) is 0 Å². The molecule has 0 amide bonds. The van der Waals surface area contributed by atoms with E-state index in [9.17, 15) is 0 Å². The highest BCUT2D eigenvalue weighted by atomic mass is 32.2. The van der Waals surface area contributed by atoms with Gasteiger partial charge in [0.05, 0.1) is 0 Å². The summed E-state index contributed by atoms with van der Waals surface area (Å²) in [7, 11) is 2.24. The summed E-state index contributed by atoms with van der Waals surface area (Å²) in [6.07, 6.45) is 2.77. The van der Waals surface area contributed by atoms with Crippen LogP contribution in [0.4, 0.5) is 0 Å². The lowest BCUT2D eigenvalue weighted by Crippen LogP contribution is -2.37. The molecule has 4 heteroatoms. The van der Waals surface area contributed by atoms with Crippen LogP contribution in [-0.2, 0) is 0 Å². The number of thioether (sulfide) groups is 2. The van der Waals surface area contributed by atoms with E-state index in [0.717, 1.165) is 11.2 Å². The van der Waals surface area contributed by atoms with Gasteiger partial charge in [-0.05, 0) is 45.4 Å². The van der Waals surface area contributed by atoms with Crippen LogP contribution < -0.4 is 5.32 Å². The van der Waals surface area contributed by atoms with Gasteiger partial charge in [0.1, 0.15) is 0 Å². The Bertz CT molecular complexity index is 187. The molecule has 0 radical (unpaired) electrons. The molecule has 94 valence electrons. The molecule has 16 heavy (non-hydrogen) atoms. The number of nitrogens with one attached hydrogen (secondary N) is 1. The Labute approximate surface area is 108 Å². The SMILES string of the molecule is CN1CCC(CNCC2CSCCS2)CC1. The van der Waals surface area contributed by atoms with Gasteiger partial charge in [0.2, 0.25) is 0 Å². The van der Waals surface area contributed by atoms with Gasteiger partial charge in [-0.2, -0.15) is 23.5 Å². The van der Waals surface area contributed by atoms with E-state index in [-0.39, 0.29) is 0 Å². The van der Waals surface area contributed by atoms with Crippen molar-refractivity contribution in [3.05, 3.63) is 0 Å². The van der Waals surface area contributed by atoms with Crippen LogP contribution in [-0.4, -0.2) is 60.6 Å². The number of piperidine rings is 1. The molecule has 1 atom stereocenters. The molecular weight excluding hydrogens is 236 g/mol. The van der Waals surface area contributed by atoms with Gasteiger partial charge in [0, 0.05) is 29.1 Å². The third-order valence-electron chi connectivity index (χ3n) is 3.53. The third-order valence-corrected chi connectivity index (χ3v) is 6.37. The fraction of sp³-hybridized carbons (Fsp3) is 1.00. The molecule has 0 saturated carbocycles. The lowest BCUT2D eigenvalue weighted by Gasteiger charge is -2.29. The number of nitrogens with zero attached hydrogens (tertiary/aromatic N) is 1. The quantitative estimate of drug-likeness (QED) is 0.828. The second-order valence-electron chi connectivity index (χ2n) is 4.97. The van der Waals surface area contributed by atoms with Crippen molar-refractivity contribution in [2.24, 2.45) is 5.92 Å². The van der Waals surface area contributed by atoms with Crippen molar-refractivity contribution in [1.82, 2.24) is 10.2 Å². The van der Waals surface area contributed by atoms with E-state index in [1.165, 1.54) is 56.3 Å². The topological polar surface area (TPSA) is 15.3 Å². The molecule has 0 aromatic carbocycles. The molecule has 0 aromatic rings. The lowest BCUT2D eigenvalue weighted by molar-refractivity contribution is 0.216. The molecule has 2 nitrogen and oxygen atoms in total. The Balaban J connectivity index is 1.53. The standard InChI is InChI=1S/C12H24N2S2/c1-14-4-2-11(3-5-14)8-13-9-12-10-15-6-7-16-12/h11-13H,2-10H2,1H3. The zero-order valence-electron chi connectivity index (χ0n) is 10.3. The molecule has 1 unspecified atom stereocenters. The predicted octanol–water partition coefficient (Wildman–Crippen LogP) is 1.77. The highest BCUT2D eigenvalue weighted by molar-refractivity contribution is 8.06. The van der Waals surface area contributed by atoms with Gasteiger partial charge in [0.15, 0.2) is 0 Å². The first kappa shape index (κ1) is 13.1. The molecule has 2 aliphatic rings. The average Bonchev–Trinajstić information content (AvgIpc) is 2.33. The maximum atomic E-state index is 3.69. The Morgan fingerprint density at radius 1 is 1.19 bits per heavy atom. The van der Waals surface area contributed by atoms with Crippen LogP contribution in [0.5, 0.6) is 0 Å². The second-order valence-corrected chi connectivity index (χ2v) is 7.53. The molecule has 0 aromatic heterocycles. The minimum atomic E-state index is 0.866. The van der Waals surface area contributed by atoms with E-state index in [0.29, 0.717) is 0 Å². The molecule has 0 bridgehead atoms. The summed E-state index contributed by atoms with van der Waals surface area (Å²) in [5.74, 6) is 4.99. The smallest absolute Gasteiger partial charge is 0.0263 e. The minimum Gasteiger partial charge on any atom is -0.315 e. The highest BCUT2D eigenvalue weighted by Crippen LogP contribution is 2.23. The summed E-state index contributed by atoms with van der Waals surface area (Å²) >= 11 is 4.28. The maximum absolute atomic E-state index is 3.69. The first-order valence-corrected chi connectivity index (χ1v) is 8.63. The zero-order chi connectivity index (χ0) is 11.2. The van der Waals surface area contributed by atoms with Crippen LogP contribution in [0.2, 0.25) is 0 Å². The molecule has 1 N–H and O–H groups in total. The molecule has 2 aliphatic heterocycles. The molecule has 2 heterocycles. The van der Waals surface area contributed by atoms with Crippen LogP contribution >= 0.6 is 23.5 Å². The maximum Gasteiger partial charge on any atom is 0.0263 e. The summed E-state index contributed by atoms with van der Waals surface area (Å²) in [5, 5.41) is 4.55. The lowest BCUT2D eigenvalue weighted by atomic mass is 9.97. The van der Waals surface area contributed by atoms with Crippen LogP contribution in [0.1, 0.15) is 12.8 Å². The van der Waals surface area contributed by atoms with Crippen molar-refractivity contribution in [2.75, 3.05) is 50.5 Å². The normalized spacial score (nSPS) is 29.4. The first-order valence-electron chi connectivity index (χ1n) is 6.43. The number of likely N-dealkylation sites (tertiary alicyclic amines) is 1. The van der Waals surface area contributed by atoms with Crippen molar-refractivity contribution >= 4 is 23.5 Å². The largest absolute Gasteiger partial charge is 0.315 e. The van der Waals surface area contributed by atoms with E-state index in [1.807, 2.05) is 0 Å². The summed E-state index contributed by atoms with van der Waals surface area (Å²) < 4.78 is 0. The Hall–Kier alpha value is 0.620. The fourth-order valence-electron chi connectivity index (χ4n) is 2.37. The molecule has 2 fully saturated rings. The summed E-state index contributed by atoms with van der Waals surface area (Å²) in [6.45, 7) is 5.06. The van der Waals surface area contributed by atoms with Gasteiger partial charge in [0.25, 0.3) is 0 Å². The van der Waals surface area contributed by atoms with Crippen molar-refractivity contribution < 1.29 is 0 Å². The van der Waals surface area contributed by atoms with Crippen LogP contribution in [0.25, 0.3) is 0 Å². The van der Waals surface area contributed by atoms with E-state index in [2.05, 4.69) is 40.8 Å². The summed E-state index contributed by atoms with van der Waals surface area (Å²) in [6, 6.07) is 0. The summed E-state index contributed by atoms with van der Waals surface area (Å²) in [4.78, 5) is 2.45. The van der Waals surface area contributed by atoms with Crippen molar-refractivity contribution in [3.8, 4) is 0 Å². The number of rotatable bonds is 4. The molecule has 0 spiro atoms. The third kappa shape index (κ3) is 4.47. The van der Waals surface area contributed by atoms with Crippen molar-refractivity contribution in [3.63, 3.8) is 0 Å². The zero-order valence-corrected chi connectivity index (χ0v) is 11.9. The molecule has 2 rings (SSSR count). The average molecular weight is 260 g/mol. The highest BCUT2D eigenvalue weighted by Gasteiger charge is 2.18. The van der Waals surface area contributed by atoms with Crippen molar-refractivity contribution in [1.29, 1.82) is 0 Å². The van der Waals surface area contributed by atoms with Gasteiger partial charge < -0.3 is 10.2 Å². The van der Waals surface area contributed by atoms with E-state index < -0.39 is 0 Å². The van der Waals surface area contributed by atoms with E-state index in [4.69, 9.17) is 0 Å². The molecule has 0 aliphatic carbocycles. The van der Waals surface area contributed by atoms with Crippen LogP contribution in [0.3, 0.4) is 0 Å². The van der Waals surface area contributed by atoms with Gasteiger partial charge >= 0.3 is 0 Å². The Morgan fingerprint density at radius 3 is 2.69 bits per heavy atom. The molecule has 2 saturated heterocycles. The predicted molar refractivity (Wildman–Crippen MR) is 76.7 cm³/mol. The fourth-order valence-corrected chi connectivity index (χ4v) is 5.02. The van der Waals surface area contributed by atoms with Crippen LogP contribution in [0, 0.1) is 5.92 Å². The van der Waals surface area contributed by atoms with Crippen molar-refractivity contribution in [2.45, 2.75) is 18.1 Å².